The molecule has 0 saturated heterocycles. The van der Waals surface area contributed by atoms with Crippen molar-refractivity contribution in [2.75, 3.05) is 11.9 Å². The van der Waals surface area contributed by atoms with Crippen LogP contribution in [0, 0.1) is 0 Å². The third-order valence-corrected chi connectivity index (χ3v) is 2.26. The molecule has 0 bridgehead atoms. The van der Waals surface area contributed by atoms with Gasteiger partial charge in [-0.3, -0.25) is 0 Å². The molecule has 0 spiro atoms. The molecule has 2 rings (SSSR count). The SMILES string of the molecule is CCCNc1nccc(-c2ccccc2)n1. The number of nitrogens with one attached hydrogen (secondary N) is 1. The Labute approximate surface area is 95.6 Å². The fourth-order valence-corrected chi connectivity index (χ4v) is 1.45. The average Bonchev–Trinajstić information content (AvgIpc) is 2.38. The standard InChI is InChI=1S/C13H15N3/c1-2-9-14-13-15-10-8-12(16-13)11-6-4-3-5-7-11/h3-8,10H,2,9H2,1H3,(H,14,15,16). The molecule has 0 fully saturated rings. The second kappa shape index (κ2) is 5.26. The average molecular weight is 213 g/mol. The van der Waals surface area contributed by atoms with Crippen LogP contribution in [-0.2, 0) is 0 Å². The lowest BCUT2D eigenvalue weighted by Gasteiger charge is -2.05. The van der Waals surface area contributed by atoms with E-state index in [0.29, 0.717) is 5.95 Å². The van der Waals surface area contributed by atoms with E-state index in [0.717, 1.165) is 24.2 Å². The number of aromatic nitrogens is 2. The summed E-state index contributed by atoms with van der Waals surface area (Å²) in [6.45, 7) is 3.02. The van der Waals surface area contributed by atoms with Crippen molar-refractivity contribution in [2.45, 2.75) is 13.3 Å². The van der Waals surface area contributed by atoms with Crippen molar-refractivity contribution in [1.29, 1.82) is 0 Å². The van der Waals surface area contributed by atoms with Gasteiger partial charge >= 0.3 is 0 Å². The molecular weight excluding hydrogens is 198 g/mol. The molecule has 0 aliphatic rings. The highest BCUT2D eigenvalue weighted by atomic mass is 15.1. The molecule has 0 unspecified atom stereocenters. The van der Waals surface area contributed by atoms with Gasteiger partial charge < -0.3 is 5.32 Å². The first-order valence-corrected chi connectivity index (χ1v) is 5.52. The molecule has 0 saturated carbocycles. The van der Waals surface area contributed by atoms with Crippen molar-refractivity contribution >= 4 is 5.95 Å². The summed E-state index contributed by atoms with van der Waals surface area (Å²) in [6.07, 6.45) is 2.85. The third kappa shape index (κ3) is 2.57. The minimum atomic E-state index is 0.697. The van der Waals surface area contributed by atoms with Gasteiger partial charge in [0, 0.05) is 18.3 Å². The summed E-state index contributed by atoms with van der Waals surface area (Å²) in [5.41, 5.74) is 2.07. The van der Waals surface area contributed by atoms with Gasteiger partial charge in [-0.2, -0.15) is 0 Å². The Morgan fingerprint density at radius 1 is 1.12 bits per heavy atom. The van der Waals surface area contributed by atoms with E-state index in [1.54, 1.807) is 6.20 Å². The lowest BCUT2D eigenvalue weighted by molar-refractivity contribution is 0.953. The van der Waals surface area contributed by atoms with Crippen molar-refractivity contribution < 1.29 is 0 Å². The number of benzene rings is 1. The number of hydrogen-bond acceptors (Lipinski definition) is 3. The molecule has 0 amide bonds. The maximum absolute atomic E-state index is 4.46. The maximum Gasteiger partial charge on any atom is 0.223 e. The summed E-state index contributed by atoms with van der Waals surface area (Å²) in [7, 11) is 0. The highest BCUT2D eigenvalue weighted by molar-refractivity contribution is 5.59. The lowest BCUT2D eigenvalue weighted by Crippen LogP contribution is -2.04. The van der Waals surface area contributed by atoms with Crippen LogP contribution in [0.1, 0.15) is 13.3 Å². The van der Waals surface area contributed by atoms with Crippen molar-refractivity contribution in [3.63, 3.8) is 0 Å². The molecule has 1 N–H and O–H groups in total. The summed E-state index contributed by atoms with van der Waals surface area (Å²) in [4.78, 5) is 8.64. The predicted octanol–water partition coefficient (Wildman–Crippen LogP) is 2.97. The molecule has 1 aromatic heterocycles. The van der Waals surface area contributed by atoms with E-state index in [4.69, 9.17) is 0 Å². The van der Waals surface area contributed by atoms with Crippen molar-refractivity contribution in [2.24, 2.45) is 0 Å². The van der Waals surface area contributed by atoms with Crippen LogP contribution in [0.15, 0.2) is 42.6 Å². The van der Waals surface area contributed by atoms with Crippen molar-refractivity contribution in [3.8, 4) is 11.3 Å². The predicted molar refractivity (Wildman–Crippen MR) is 66.2 cm³/mol. The summed E-state index contributed by atoms with van der Waals surface area (Å²) >= 11 is 0. The zero-order valence-electron chi connectivity index (χ0n) is 9.35. The van der Waals surface area contributed by atoms with Crippen LogP contribution < -0.4 is 5.32 Å². The molecular formula is C13H15N3. The molecule has 1 aromatic carbocycles. The van der Waals surface area contributed by atoms with Crippen LogP contribution in [0.2, 0.25) is 0 Å². The molecule has 0 aliphatic carbocycles. The van der Waals surface area contributed by atoms with Gasteiger partial charge in [0.15, 0.2) is 0 Å². The lowest BCUT2D eigenvalue weighted by atomic mass is 10.1. The Balaban J connectivity index is 2.22. The highest BCUT2D eigenvalue weighted by Gasteiger charge is 2.00. The normalized spacial score (nSPS) is 10.1. The van der Waals surface area contributed by atoms with E-state index in [1.807, 2.05) is 36.4 Å². The van der Waals surface area contributed by atoms with Gasteiger partial charge in [-0.05, 0) is 12.5 Å². The number of hydrogen-bond donors (Lipinski definition) is 1. The second-order valence-corrected chi connectivity index (χ2v) is 3.56. The molecule has 3 nitrogen and oxygen atoms in total. The van der Waals surface area contributed by atoms with Gasteiger partial charge in [0.1, 0.15) is 0 Å². The Morgan fingerprint density at radius 3 is 2.69 bits per heavy atom. The molecule has 0 aliphatic heterocycles. The van der Waals surface area contributed by atoms with Gasteiger partial charge in [0.25, 0.3) is 0 Å². The van der Waals surface area contributed by atoms with Crippen LogP contribution in [-0.4, -0.2) is 16.5 Å². The first-order chi connectivity index (χ1) is 7.90. The molecule has 82 valence electrons. The largest absolute Gasteiger partial charge is 0.354 e. The number of nitrogens with zero attached hydrogens (tertiary/aromatic N) is 2. The van der Waals surface area contributed by atoms with Crippen LogP contribution in [0.5, 0.6) is 0 Å². The third-order valence-electron chi connectivity index (χ3n) is 2.26. The van der Waals surface area contributed by atoms with Crippen LogP contribution >= 0.6 is 0 Å². The van der Waals surface area contributed by atoms with Crippen LogP contribution in [0.4, 0.5) is 5.95 Å². The molecule has 2 aromatic rings. The van der Waals surface area contributed by atoms with E-state index in [9.17, 15) is 0 Å². The van der Waals surface area contributed by atoms with Gasteiger partial charge in [-0.15, -0.1) is 0 Å². The smallest absolute Gasteiger partial charge is 0.223 e. The number of anilines is 1. The van der Waals surface area contributed by atoms with Gasteiger partial charge in [-0.25, -0.2) is 9.97 Å². The summed E-state index contributed by atoms with van der Waals surface area (Å²) in [5.74, 6) is 0.697. The highest BCUT2D eigenvalue weighted by Crippen LogP contribution is 2.16. The molecule has 3 heteroatoms. The Morgan fingerprint density at radius 2 is 1.94 bits per heavy atom. The van der Waals surface area contributed by atoms with Gasteiger partial charge in [0.2, 0.25) is 5.95 Å². The minimum absolute atomic E-state index is 0.697. The van der Waals surface area contributed by atoms with E-state index in [2.05, 4.69) is 22.2 Å². The van der Waals surface area contributed by atoms with Gasteiger partial charge in [0.05, 0.1) is 5.69 Å². The fourth-order valence-electron chi connectivity index (χ4n) is 1.45. The summed E-state index contributed by atoms with van der Waals surface area (Å²) in [6, 6.07) is 12.0. The zero-order chi connectivity index (χ0) is 11.2. The van der Waals surface area contributed by atoms with Crippen LogP contribution in [0.3, 0.4) is 0 Å². The maximum atomic E-state index is 4.46. The Hall–Kier alpha value is -1.90. The van der Waals surface area contributed by atoms with E-state index >= 15 is 0 Å². The summed E-state index contributed by atoms with van der Waals surface area (Å²) < 4.78 is 0. The van der Waals surface area contributed by atoms with E-state index in [-0.39, 0.29) is 0 Å². The molecule has 16 heavy (non-hydrogen) atoms. The van der Waals surface area contributed by atoms with E-state index in [1.165, 1.54) is 0 Å². The number of rotatable bonds is 4. The Kier molecular flexibility index (Phi) is 3.49. The van der Waals surface area contributed by atoms with Crippen molar-refractivity contribution in [1.82, 2.24) is 9.97 Å². The monoisotopic (exact) mass is 213 g/mol. The molecule has 0 atom stereocenters. The quantitative estimate of drug-likeness (QED) is 0.848. The topological polar surface area (TPSA) is 37.8 Å². The summed E-state index contributed by atoms with van der Waals surface area (Å²) in [5, 5.41) is 3.18. The van der Waals surface area contributed by atoms with Crippen LogP contribution in [0.25, 0.3) is 11.3 Å². The minimum Gasteiger partial charge on any atom is -0.354 e. The van der Waals surface area contributed by atoms with Gasteiger partial charge in [-0.1, -0.05) is 37.3 Å². The van der Waals surface area contributed by atoms with E-state index < -0.39 is 0 Å². The first kappa shape index (κ1) is 10.6. The first-order valence-electron chi connectivity index (χ1n) is 5.52. The molecule has 0 radical (unpaired) electrons. The molecule has 1 heterocycles. The van der Waals surface area contributed by atoms with Crippen molar-refractivity contribution in [3.05, 3.63) is 42.6 Å². The Bertz CT molecular complexity index is 440. The zero-order valence-corrected chi connectivity index (χ0v) is 9.35. The fraction of sp³-hybridized carbons (Fsp3) is 0.231. The second-order valence-electron chi connectivity index (χ2n) is 3.56.